The van der Waals surface area contributed by atoms with Gasteiger partial charge in [-0.2, -0.15) is 0 Å². The van der Waals surface area contributed by atoms with E-state index in [2.05, 4.69) is 61.9 Å². The summed E-state index contributed by atoms with van der Waals surface area (Å²) in [6, 6.07) is 17.0. The van der Waals surface area contributed by atoms with Crippen LogP contribution >= 0.6 is 0 Å². The van der Waals surface area contributed by atoms with Gasteiger partial charge >= 0.3 is 0 Å². The van der Waals surface area contributed by atoms with Crippen LogP contribution in [0.2, 0.25) is 0 Å². The van der Waals surface area contributed by atoms with Gasteiger partial charge in [0, 0.05) is 23.1 Å². The van der Waals surface area contributed by atoms with Gasteiger partial charge in [-0.15, -0.1) is 6.58 Å². The van der Waals surface area contributed by atoms with Gasteiger partial charge in [0.1, 0.15) is 5.82 Å². The van der Waals surface area contributed by atoms with E-state index in [1.807, 2.05) is 42.3 Å². The van der Waals surface area contributed by atoms with Gasteiger partial charge in [-0.25, -0.2) is 4.98 Å². The molecule has 5 unspecified atom stereocenters. The Kier molecular flexibility index (Phi) is 11.4. The number of anilines is 1. The summed E-state index contributed by atoms with van der Waals surface area (Å²) in [5.74, 6) is 2.44. The first kappa shape index (κ1) is 39.5. The Morgan fingerprint density at radius 3 is 2.42 bits per heavy atom. The lowest BCUT2D eigenvalue weighted by Gasteiger charge is -2.36. The maximum absolute atomic E-state index is 14.2. The lowest BCUT2D eigenvalue weighted by atomic mass is 9.74. The number of nitrogens with one attached hydrogen (secondary N) is 2. The third-order valence-electron chi connectivity index (χ3n) is 14.6. The first-order valence-electron chi connectivity index (χ1n) is 22.1. The van der Waals surface area contributed by atoms with Crippen LogP contribution in [0.1, 0.15) is 164 Å². The predicted octanol–water partition coefficient (Wildman–Crippen LogP) is 10.2. The number of unbranched alkanes of at least 4 members (excludes halogenated alkanes) is 4. The number of nitrogens with zero attached hydrogens (tertiary/aromatic N) is 2. The number of piperidine rings is 1. The Balaban J connectivity index is 0.907. The van der Waals surface area contributed by atoms with Crippen molar-refractivity contribution in [1.82, 2.24) is 15.6 Å². The molecule has 2 amide bonds. The SMILES string of the molecule is C=CC(CC)C(NC)c1cccc(N2Cc3c(CCCCCCCc4cccc5c4C(=C)C(C4CCC(=O)NC46CC6)C5=O)cc(C4CCC[C@H]4C)cc3C2=O)n1. The number of allylic oxidation sites excluding steroid dienone is 1. The van der Waals surface area contributed by atoms with Gasteiger partial charge in [-0.1, -0.05) is 88.9 Å². The second-order valence-corrected chi connectivity index (χ2v) is 17.9. The number of rotatable bonds is 16. The summed E-state index contributed by atoms with van der Waals surface area (Å²) in [6.07, 6.45) is 17.4. The monoisotopic (exact) mass is 766 g/mol. The number of aromatic nitrogens is 1. The second-order valence-electron chi connectivity index (χ2n) is 17.9. The third-order valence-corrected chi connectivity index (χ3v) is 14.6. The average molecular weight is 767 g/mol. The first-order valence-corrected chi connectivity index (χ1v) is 22.1. The number of benzene rings is 2. The van der Waals surface area contributed by atoms with Crippen LogP contribution in [0.4, 0.5) is 5.82 Å². The number of hydrogen-bond acceptors (Lipinski definition) is 5. The van der Waals surface area contributed by atoms with Crippen molar-refractivity contribution in [3.05, 3.63) is 112 Å². The highest BCUT2D eigenvalue weighted by Gasteiger charge is 2.58. The molecule has 2 N–H and O–H groups in total. The molecule has 3 aromatic rings. The second kappa shape index (κ2) is 16.5. The Bertz CT molecular complexity index is 2060. The minimum Gasteiger partial charge on any atom is -0.350 e. The summed E-state index contributed by atoms with van der Waals surface area (Å²) in [5.41, 5.74) is 9.60. The fraction of sp³-hybridized carbons (Fsp3) is 0.520. The molecular weight excluding hydrogens is 705 g/mol. The number of carbonyl (C=O) groups excluding carboxylic acids is 3. The van der Waals surface area contributed by atoms with E-state index in [1.54, 1.807) is 0 Å². The van der Waals surface area contributed by atoms with Gasteiger partial charge in [0.25, 0.3) is 5.91 Å². The average Bonchev–Trinajstić information content (AvgIpc) is 3.56. The minimum absolute atomic E-state index is 0.0379. The number of hydrogen-bond donors (Lipinski definition) is 2. The molecule has 3 heterocycles. The fourth-order valence-corrected chi connectivity index (χ4v) is 11.2. The minimum atomic E-state index is -0.216. The van der Waals surface area contributed by atoms with E-state index in [-0.39, 0.29) is 46.9 Å². The van der Waals surface area contributed by atoms with Gasteiger partial charge in [0.15, 0.2) is 5.78 Å². The molecule has 6 atom stereocenters. The molecule has 0 bridgehead atoms. The van der Waals surface area contributed by atoms with Crippen LogP contribution in [0, 0.1) is 23.7 Å². The van der Waals surface area contributed by atoms with Crippen LogP contribution in [0.25, 0.3) is 5.57 Å². The van der Waals surface area contributed by atoms with Crippen molar-refractivity contribution in [2.24, 2.45) is 23.7 Å². The van der Waals surface area contributed by atoms with E-state index in [1.165, 1.54) is 41.5 Å². The van der Waals surface area contributed by atoms with Gasteiger partial charge in [0.05, 0.1) is 24.2 Å². The number of aryl methyl sites for hydroxylation is 2. The summed E-state index contributed by atoms with van der Waals surface area (Å²) in [7, 11) is 1.97. The van der Waals surface area contributed by atoms with E-state index < -0.39 is 0 Å². The van der Waals surface area contributed by atoms with Gasteiger partial charge in [-0.3, -0.25) is 19.3 Å². The summed E-state index contributed by atoms with van der Waals surface area (Å²) in [4.78, 5) is 47.2. The summed E-state index contributed by atoms with van der Waals surface area (Å²) in [6.45, 7) is 13.7. The molecular formula is C50H62N4O3. The van der Waals surface area contributed by atoms with E-state index >= 15 is 0 Å². The van der Waals surface area contributed by atoms with Crippen molar-refractivity contribution in [3.63, 3.8) is 0 Å². The highest BCUT2D eigenvalue weighted by atomic mass is 16.2. The molecule has 1 aromatic heterocycles. The summed E-state index contributed by atoms with van der Waals surface area (Å²) in [5, 5.41) is 6.68. The molecule has 5 aliphatic rings. The lowest BCUT2D eigenvalue weighted by molar-refractivity contribution is -0.125. The zero-order valence-corrected chi connectivity index (χ0v) is 34.5. The topological polar surface area (TPSA) is 91.4 Å². The maximum Gasteiger partial charge on any atom is 0.260 e. The van der Waals surface area contributed by atoms with Crippen LogP contribution < -0.4 is 15.5 Å². The van der Waals surface area contributed by atoms with Crippen molar-refractivity contribution in [2.75, 3.05) is 11.9 Å². The standard InChI is InChI=1S/C50H62N4O3/c1-6-33(7-2)47(51-5)42-22-15-23-43(52-42)54-30-40-35(28-36(29-39(40)49(54)57)37-20-13-16-31(37)3)18-12-10-8-9-11-17-34-19-14-21-38-45(34)32(4)46(48(38)56)41-24-25-44(55)53-50(41)26-27-50/h6,14-15,19,21-23,28-29,31,33,37,41,46-47,51H,1,4,7-13,16-18,20,24-27,30H2,2-3,5H3,(H,53,55)/t31-,33?,37?,41?,46?,47?/m1/s1. The molecule has 1 spiro atoms. The highest BCUT2D eigenvalue weighted by molar-refractivity contribution is 6.14. The molecule has 3 fully saturated rings. The van der Waals surface area contributed by atoms with E-state index in [4.69, 9.17) is 4.98 Å². The molecule has 7 nitrogen and oxygen atoms in total. The largest absolute Gasteiger partial charge is 0.350 e. The summed E-state index contributed by atoms with van der Waals surface area (Å²) >= 11 is 0. The van der Waals surface area contributed by atoms with Gasteiger partial charge in [-0.05, 0) is 140 Å². The number of Topliss-reactive ketones (excluding diaryl/α,β-unsaturated/α-hetero) is 1. The molecule has 2 aromatic carbocycles. The zero-order valence-electron chi connectivity index (χ0n) is 34.5. The molecule has 1 saturated heterocycles. The van der Waals surface area contributed by atoms with Gasteiger partial charge in [0.2, 0.25) is 5.91 Å². The quantitative estimate of drug-likeness (QED) is 0.112. The lowest BCUT2D eigenvalue weighted by Crippen LogP contribution is -2.50. The normalized spacial score (nSPS) is 24.4. The number of carbonyl (C=O) groups is 3. The number of pyridine rings is 1. The Morgan fingerprint density at radius 2 is 1.72 bits per heavy atom. The fourth-order valence-electron chi connectivity index (χ4n) is 11.2. The van der Waals surface area contributed by atoms with Crippen LogP contribution in [-0.2, 0) is 24.2 Å². The molecule has 57 heavy (non-hydrogen) atoms. The van der Waals surface area contributed by atoms with E-state index in [9.17, 15) is 14.4 Å². The number of amides is 2. The molecule has 2 aliphatic heterocycles. The molecule has 2 saturated carbocycles. The Labute approximate surface area is 340 Å². The van der Waals surface area contributed by atoms with Crippen LogP contribution in [0.5, 0.6) is 0 Å². The van der Waals surface area contributed by atoms with Crippen molar-refractivity contribution in [3.8, 4) is 0 Å². The molecule has 0 radical (unpaired) electrons. The van der Waals surface area contributed by atoms with Crippen molar-refractivity contribution < 1.29 is 14.4 Å². The van der Waals surface area contributed by atoms with Crippen LogP contribution in [0.15, 0.2) is 67.8 Å². The molecule has 8 rings (SSSR count). The molecule has 3 aliphatic carbocycles. The molecule has 300 valence electrons. The van der Waals surface area contributed by atoms with Crippen molar-refractivity contribution in [2.45, 2.75) is 134 Å². The van der Waals surface area contributed by atoms with Crippen LogP contribution in [-0.4, -0.2) is 35.2 Å². The zero-order chi connectivity index (χ0) is 39.8. The van der Waals surface area contributed by atoms with E-state index in [0.29, 0.717) is 24.8 Å². The van der Waals surface area contributed by atoms with Crippen molar-refractivity contribution >= 4 is 29.0 Å². The molecule has 7 heteroatoms. The predicted molar refractivity (Wildman–Crippen MR) is 229 cm³/mol. The third kappa shape index (κ3) is 7.46. The number of ketones is 1. The van der Waals surface area contributed by atoms with Gasteiger partial charge < -0.3 is 10.6 Å². The smallest absolute Gasteiger partial charge is 0.260 e. The highest BCUT2D eigenvalue weighted by Crippen LogP contribution is 2.55. The van der Waals surface area contributed by atoms with Crippen molar-refractivity contribution in [1.29, 1.82) is 0 Å². The Morgan fingerprint density at radius 1 is 0.965 bits per heavy atom. The number of fused-ring (bicyclic) bond motifs is 2. The maximum atomic E-state index is 14.2. The Hall–Kier alpha value is -4.36. The van der Waals surface area contributed by atoms with Crippen LogP contribution in [0.3, 0.4) is 0 Å². The summed E-state index contributed by atoms with van der Waals surface area (Å²) < 4.78 is 0. The first-order chi connectivity index (χ1) is 27.7. The van der Waals surface area contributed by atoms with E-state index in [0.717, 1.165) is 104 Å².